The fourth-order valence-corrected chi connectivity index (χ4v) is 5.23. The molecule has 0 atom stereocenters. The van der Waals surface area contributed by atoms with Gasteiger partial charge < -0.3 is 0 Å². The first kappa shape index (κ1) is 19.7. The summed E-state index contributed by atoms with van der Waals surface area (Å²) in [4.78, 5) is 11.5. The molecule has 0 saturated carbocycles. The molecular weight excluding hydrogens is 412 g/mol. The van der Waals surface area contributed by atoms with Crippen molar-refractivity contribution < 1.29 is 13.3 Å². The van der Waals surface area contributed by atoms with Crippen molar-refractivity contribution in [3.8, 4) is 0 Å². The first-order valence-electron chi connectivity index (χ1n) is 8.13. The minimum absolute atomic E-state index is 0.0904. The number of hydrogen-bond donors (Lipinski definition) is 1. The SMILES string of the molecule is CC(=NNc1ccc(S(=O)(=O)N2CCCC2)cc1[N+](=O)[O-])c1ccc(Cl)s1. The molecule has 8 nitrogen and oxygen atoms in total. The van der Waals surface area contributed by atoms with Crippen LogP contribution in [0.2, 0.25) is 4.34 Å². The van der Waals surface area contributed by atoms with Crippen molar-refractivity contribution in [2.45, 2.75) is 24.7 Å². The summed E-state index contributed by atoms with van der Waals surface area (Å²) in [6.45, 7) is 2.61. The molecule has 1 aromatic heterocycles. The van der Waals surface area contributed by atoms with Gasteiger partial charge in [-0.15, -0.1) is 11.3 Å². The fourth-order valence-electron chi connectivity index (χ4n) is 2.70. The van der Waals surface area contributed by atoms with E-state index in [0.717, 1.165) is 23.8 Å². The Hall–Kier alpha value is -2.01. The molecule has 2 aromatic rings. The number of anilines is 1. The van der Waals surface area contributed by atoms with E-state index in [4.69, 9.17) is 11.6 Å². The maximum Gasteiger partial charge on any atom is 0.295 e. The molecule has 1 N–H and O–H groups in total. The topological polar surface area (TPSA) is 105 Å². The Bertz CT molecular complexity index is 998. The molecule has 1 saturated heterocycles. The lowest BCUT2D eigenvalue weighted by Gasteiger charge is -2.15. The van der Waals surface area contributed by atoms with E-state index < -0.39 is 14.9 Å². The third-order valence-corrected chi connectivity index (χ3v) is 7.38. The second-order valence-corrected chi connectivity index (χ2v) is 9.61. The van der Waals surface area contributed by atoms with E-state index in [1.165, 1.54) is 27.8 Å². The summed E-state index contributed by atoms with van der Waals surface area (Å²) >= 11 is 7.23. The standard InChI is InChI=1S/C16H17ClN4O4S2/c1-11(15-6-7-16(17)26-15)18-19-13-5-4-12(10-14(13)21(22)23)27(24,25)20-8-2-3-9-20/h4-7,10,19H,2-3,8-9H2,1H3. The van der Waals surface area contributed by atoms with Crippen molar-refractivity contribution >= 4 is 50.0 Å². The van der Waals surface area contributed by atoms with Crippen molar-refractivity contribution in [2.24, 2.45) is 5.10 Å². The number of halogens is 1. The zero-order valence-corrected chi connectivity index (χ0v) is 16.8. The highest BCUT2D eigenvalue weighted by Gasteiger charge is 2.29. The first-order chi connectivity index (χ1) is 12.8. The second kappa shape index (κ2) is 7.93. The molecule has 0 spiro atoms. The lowest BCUT2D eigenvalue weighted by molar-refractivity contribution is -0.384. The van der Waals surface area contributed by atoms with Gasteiger partial charge in [-0.3, -0.25) is 15.5 Å². The Labute approximate surface area is 165 Å². The molecule has 1 aliphatic heterocycles. The van der Waals surface area contributed by atoms with E-state index in [1.807, 2.05) is 0 Å². The van der Waals surface area contributed by atoms with Crippen molar-refractivity contribution in [3.63, 3.8) is 0 Å². The smallest absolute Gasteiger partial charge is 0.271 e. The lowest BCUT2D eigenvalue weighted by atomic mass is 10.3. The van der Waals surface area contributed by atoms with E-state index in [9.17, 15) is 18.5 Å². The summed E-state index contributed by atoms with van der Waals surface area (Å²) in [5.74, 6) is 0. The highest BCUT2D eigenvalue weighted by atomic mass is 35.5. The van der Waals surface area contributed by atoms with Crippen LogP contribution in [0.3, 0.4) is 0 Å². The monoisotopic (exact) mass is 428 g/mol. The molecule has 1 aromatic carbocycles. The van der Waals surface area contributed by atoms with Crippen LogP contribution >= 0.6 is 22.9 Å². The van der Waals surface area contributed by atoms with E-state index in [2.05, 4.69) is 10.5 Å². The largest absolute Gasteiger partial charge is 0.295 e. The van der Waals surface area contributed by atoms with Crippen LogP contribution < -0.4 is 5.43 Å². The van der Waals surface area contributed by atoms with E-state index >= 15 is 0 Å². The molecule has 0 amide bonds. The van der Waals surface area contributed by atoms with Gasteiger partial charge in [0, 0.05) is 19.2 Å². The summed E-state index contributed by atoms with van der Waals surface area (Å²) in [6, 6.07) is 7.33. The van der Waals surface area contributed by atoms with E-state index in [0.29, 0.717) is 23.1 Å². The normalized spacial score (nSPS) is 15.9. The van der Waals surface area contributed by atoms with Gasteiger partial charge >= 0.3 is 0 Å². The fraction of sp³-hybridized carbons (Fsp3) is 0.312. The molecule has 0 aliphatic carbocycles. The van der Waals surface area contributed by atoms with Crippen molar-refractivity contribution in [2.75, 3.05) is 18.5 Å². The number of nitro benzene ring substituents is 1. The number of rotatable bonds is 6. The van der Waals surface area contributed by atoms with E-state index in [-0.39, 0.29) is 16.3 Å². The average Bonchev–Trinajstić information content (AvgIpc) is 3.31. The van der Waals surface area contributed by atoms with Gasteiger partial charge in [-0.2, -0.15) is 9.41 Å². The number of hydrazone groups is 1. The summed E-state index contributed by atoms with van der Waals surface area (Å²) in [5, 5.41) is 15.6. The zero-order chi connectivity index (χ0) is 19.6. The van der Waals surface area contributed by atoms with Crippen LogP contribution in [0.25, 0.3) is 0 Å². The van der Waals surface area contributed by atoms with Gasteiger partial charge in [-0.05, 0) is 44.0 Å². The molecule has 0 bridgehead atoms. The lowest BCUT2D eigenvalue weighted by Crippen LogP contribution is -2.27. The van der Waals surface area contributed by atoms with E-state index in [1.54, 1.807) is 19.1 Å². The Morgan fingerprint density at radius 2 is 2.00 bits per heavy atom. The van der Waals surface area contributed by atoms with Gasteiger partial charge in [0.15, 0.2) is 0 Å². The second-order valence-electron chi connectivity index (χ2n) is 5.96. The van der Waals surface area contributed by atoms with Gasteiger partial charge in [-0.25, -0.2) is 8.42 Å². The third-order valence-electron chi connectivity index (χ3n) is 4.14. The quantitative estimate of drug-likeness (QED) is 0.426. The minimum atomic E-state index is -3.73. The van der Waals surface area contributed by atoms with Crippen LogP contribution in [0.1, 0.15) is 24.6 Å². The molecule has 3 rings (SSSR count). The maximum atomic E-state index is 12.6. The molecule has 27 heavy (non-hydrogen) atoms. The number of nitrogens with zero attached hydrogens (tertiary/aromatic N) is 3. The van der Waals surface area contributed by atoms with Gasteiger partial charge in [-0.1, -0.05) is 11.6 Å². The highest BCUT2D eigenvalue weighted by Crippen LogP contribution is 2.30. The van der Waals surface area contributed by atoms with Gasteiger partial charge in [0.05, 0.1) is 24.7 Å². The van der Waals surface area contributed by atoms with Crippen LogP contribution in [0.15, 0.2) is 40.3 Å². The molecule has 1 aliphatic rings. The Morgan fingerprint density at radius 1 is 1.30 bits per heavy atom. The zero-order valence-electron chi connectivity index (χ0n) is 14.4. The maximum absolute atomic E-state index is 12.6. The average molecular weight is 429 g/mol. The molecule has 0 radical (unpaired) electrons. The predicted molar refractivity (Wildman–Crippen MR) is 106 cm³/mol. The number of nitrogens with one attached hydrogen (secondary N) is 1. The van der Waals surface area contributed by atoms with Crippen molar-refractivity contribution in [1.29, 1.82) is 0 Å². The van der Waals surface area contributed by atoms with Crippen molar-refractivity contribution in [3.05, 3.63) is 49.7 Å². The Morgan fingerprint density at radius 3 is 2.59 bits per heavy atom. The summed E-state index contributed by atoms with van der Waals surface area (Å²) in [6.07, 6.45) is 1.59. The third kappa shape index (κ3) is 4.29. The molecule has 2 heterocycles. The molecule has 144 valence electrons. The van der Waals surface area contributed by atoms with Crippen molar-refractivity contribution in [1.82, 2.24) is 4.31 Å². The Kier molecular flexibility index (Phi) is 5.80. The molecule has 0 unspecified atom stereocenters. The van der Waals surface area contributed by atoms with Crippen LogP contribution in [-0.2, 0) is 10.0 Å². The number of benzene rings is 1. The molecule has 1 fully saturated rings. The number of sulfonamides is 1. The summed E-state index contributed by atoms with van der Waals surface area (Å²) in [7, 11) is -3.73. The molecule has 11 heteroatoms. The van der Waals surface area contributed by atoms with Gasteiger partial charge in [0.25, 0.3) is 5.69 Å². The minimum Gasteiger partial charge on any atom is -0.271 e. The van der Waals surface area contributed by atoms with Crippen LogP contribution in [0, 0.1) is 10.1 Å². The van der Waals surface area contributed by atoms with Gasteiger partial charge in [0.1, 0.15) is 5.69 Å². The van der Waals surface area contributed by atoms with Crippen LogP contribution in [-0.4, -0.2) is 36.4 Å². The van der Waals surface area contributed by atoms with Crippen LogP contribution in [0.5, 0.6) is 0 Å². The van der Waals surface area contributed by atoms with Gasteiger partial charge in [0.2, 0.25) is 10.0 Å². The number of hydrogen-bond acceptors (Lipinski definition) is 7. The summed E-state index contributed by atoms with van der Waals surface area (Å²) in [5.41, 5.74) is 3.02. The summed E-state index contributed by atoms with van der Waals surface area (Å²) < 4.78 is 27.2. The number of thiophene rings is 1. The predicted octanol–water partition coefficient (Wildman–Crippen LogP) is 3.93. The first-order valence-corrected chi connectivity index (χ1v) is 10.8. The number of nitro groups is 1. The highest BCUT2D eigenvalue weighted by molar-refractivity contribution is 7.89. The van der Waals surface area contributed by atoms with Crippen LogP contribution in [0.4, 0.5) is 11.4 Å². The Balaban J connectivity index is 1.89. The molecular formula is C16H17ClN4O4S2.